The van der Waals surface area contributed by atoms with Gasteiger partial charge in [0.2, 0.25) is 0 Å². The molecule has 0 amide bonds. The van der Waals surface area contributed by atoms with Crippen molar-refractivity contribution in [1.82, 2.24) is 0 Å². The van der Waals surface area contributed by atoms with Gasteiger partial charge in [-0.25, -0.2) is 0 Å². The summed E-state index contributed by atoms with van der Waals surface area (Å²) in [6.07, 6.45) is 1.23. The maximum Gasteiger partial charge on any atom is 0.0865 e. The lowest BCUT2D eigenvalue weighted by molar-refractivity contribution is 0.00875. The number of ether oxygens (including phenoxy) is 1. The first-order valence-electron chi connectivity index (χ1n) is 5.22. The Kier molecular flexibility index (Phi) is 2.85. The van der Waals surface area contributed by atoms with Gasteiger partial charge in [0.25, 0.3) is 0 Å². The van der Waals surface area contributed by atoms with E-state index in [2.05, 4.69) is 31.2 Å². The van der Waals surface area contributed by atoms with Gasteiger partial charge in [-0.05, 0) is 30.0 Å². The Labute approximate surface area is 86.6 Å². The molecule has 0 saturated heterocycles. The molecule has 2 rings (SSSR count). The van der Waals surface area contributed by atoms with Crippen LogP contribution in [-0.4, -0.2) is 13.2 Å². The summed E-state index contributed by atoms with van der Waals surface area (Å²) in [7, 11) is 0. The topological polar surface area (TPSA) is 35.2 Å². The average Bonchev–Trinajstić information content (AvgIpc) is 2.27. The average molecular weight is 193 g/mol. The van der Waals surface area contributed by atoms with Crippen molar-refractivity contribution in [2.45, 2.75) is 19.4 Å². The maximum absolute atomic E-state index is 5.78. The van der Waals surface area contributed by atoms with Gasteiger partial charge in [-0.2, -0.15) is 0 Å². The third-order valence-corrected chi connectivity index (χ3v) is 2.92. The Morgan fingerprint density at radius 2 is 2.36 bits per heavy atom. The molecule has 0 spiro atoms. The van der Waals surface area contributed by atoms with Crippen LogP contribution in [0, 0.1) is 5.92 Å². The zero-order valence-electron chi connectivity index (χ0n) is 8.57. The van der Waals surface area contributed by atoms with E-state index in [-0.39, 0.29) is 7.53 Å². The van der Waals surface area contributed by atoms with E-state index in [1.165, 1.54) is 11.1 Å². The van der Waals surface area contributed by atoms with Gasteiger partial charge < -0.3 is 10.5 Å². The van der Waals surface area contributed by atoms with Crippen molar-refractivity contribution in [1.29, 1.82) is 0 Å². The smallest absolute Gasteiger partial charge is 0.0865 e. The van der Waals surface area contributed by atoms with Gasteiger partial charge in [0.15, 0.2) is 0 Å². The van der Waals surface area contributed by atoms with E-state index in [1.807, 2.05) is 0 Å². The minimum Gasteiger partial charge on any atom is -0.373 e. The Morgan fingerprint density at radius 1 is 1.57 bits per heavy atom. The normalized spacial score (nSPS) is 22.9. The van der Waals surface area contributed by atoms with Crippen molar-refractivity contribution >= 4 is 0 Å². The Morgan fingerprint density at radius 3 is 3.14 bits per heavy atom. The zero-order chi connectivity index (χ0) is 9.97. The molecule has 2 heteroatoms. The fourth-order valence-electron chi connectivity index (χ4n) is 2.02. The molecule has 0 aromatic heterocycles. The second kappa shape index (κ2) is 4.11. The van der Waals surface area contributed by atoms with Crippen molar-refractivity contribution in [2.75, 3.05) is 13.2 Å². The van der Waals surface area contributed by atoms with Crippen LogP contribution in [0.4, 0.5) is 0 Å². The lowest BCUT2D eigenvalue weighted by Crippen LogP contribution is -2.26. The number of fused-ring (bicyclic) bond motifs is 1. The summed E-state index contributed by atoms with van der Waals surface area (Å²) in [5.41, 5.74) is 8.43. The Balaban J connectivity index is 0.00000112. The number of rotatable bonds is 2. The second-order valence-electron chi connectivity index (χ2n) is 3.95. The minimum atomic E-state index is 0. The number of nitrogens with two attached hydrogens (primary N) is 1. The molecular weight excluding hydrogens is 174 g/mol. The van der Waals surface area contributed by atoms with E-state index in [1.54, 1.807) is 0 Å². The molecule has 14 heavy (non-hydrogen) atoms. The van der Waals surface area contributed by atoms with Crippen molar-refractivity contribution in [3.05, 3.63) is 35.4 Å². The molecule has 1 aliphatic heterocycles. The summed E-state index contributed by atoms with van der Waals surface area (Å²) in [4.78, 5) is 0. The molecule has 1 unspecified atom stereocenters. The maximum atomic E-state index is 5.78. The van der Waals surface area contributed by atoms with Crippen molar-refractivity contribution < 1.29 is 6.16 Å². The first kappa shape index (κ1) is 9.69. The Bertz CT molecular complexity index is 316. The summed E-state index contributed by atoms with van der Waals surface area (Å²) in [6, 6.07) is 8.51. The van der Waals surface area contributed by atoms with Gasteiger partial charge in [0.1, 0.15) is 0 Å². The lowest BCUT2D eigenvalue weighted by Gasteiger charge is -2.29. The van der Waals surface area contributed by atoms with Gasteiger partial charge in [0, 0.05) is 1.43 Å². The van der Waals surface area contributed by atoms with E-state index in [9.17, 15) is 0 Å². The van der Waals surface area contributed by atoms with Crippen LogP contribution >= 0.6 is 0 Å². The van der Waals surface area contributed by atoms with Crippen LogP contribution in [0.25, 0.3) is 0 Å². The highest BCUT2D eigenvalue weighted by molar-refractivity contribution is 5.31. The molecule has 2 atom stereocenters. The molecule has 0 aliphatic carbocycles. The SMILES string of the molecule is CC(CN)[C@H]1OCCc2ccccc21.[HH]. The fourth-order valence-corrected chi connectivity index (χ4v) is 2.02. The molecule has 1 heterocycles. The van der Waals surface area contributed by atoms with Gasteiger partial charge in [-0.15, -0.1) is 0 Å². The highest BCUT2D eigenvalue weighted by Crippen LogP contribution is 2.31. The Hall–Kier alpha value is -0.860. The van der Waals surface area contributed by atoms with Crippen LogP contribution in [-0.2, 0) is 11.2 Å². The van der Waals surface area contributed by atoms with Gasteiger partial charge in [-0.3, -0.25) is 0 Å². The standard InChI is InChI=1S/C12H17NO.H2/c1-9(8-13)12-11-5-3-2-4-10(11)6-7-14-12;/h2-5,9,12H,6-8,13H2,1H3;1H/t9?,12-;/m1./s1. The molecule has 2 nitrogen and oxygen atoms in total. The van der Waals surface area contributed by atoms with Crippen LogP contribution in [0.5, 0.6) is 0 Å². The van der Waals surface area contributed by atoms with Crippen molar-refractivity contribution in [2.24, 2.45) is 11.7 Å². The molecule has 0 bridgehead atoms. The summed E-state index contributed by atoms with van der Waals surface area (Å²) in [5, 5.41) is 0. The molecular formula is C12H19NO. The second-order valence-corrected chi connectivity index (χ2v) is 3.95. The molecule has 2 N–H and O–H groups in total. The van der Waals surface area contributed by atoms with Crippen LogP contribution in [0.3, 0.4) is 0 Å². The summed E-state index contributed by atoms with van der Waals surface area (Å²) >= 11 is 0. The molecule has 1 aromatic rings. The fraction of sp³-hybridized carbons (Fsp3) is 0.500. The molecule has 0 radical (unpaired) electrons. The first-order valence-corrected chi connectivity index (χ1v) is 5.22. The van der Waals surface area contributed by atoms with E-state index in [4.69, 9.17) is 10.5 Å². The third kappa shape index (κ3) is 1.68. The van der Waals surface area contributed by atoms with Gasteiger partial charge in [-0.1, -0.05) is 31.2 Å². The molecule has 78 valence electrons. The minimum absolute atomic E-state index is 0. The van der Waals surface area contributed by atoms with E-state index >= 15 is 0 Å². The zero-order valence-corrected chi connectivity index (χ0v) is 8.57. The highest BCUT2D eigenvalue weighted by Gasteiger charge is 2.24. The van der Waals surface area contributed by atoms with Gasteiger partial charge >= 0.3 is 0 Å². The first-order chi connectivity index (χ1) is 6.83. The van der Waals surface area contributed by atoms with Crippen LogP contribution in [0.15, 0.2) is 24.3 Å². The largest absolute Gasteiger partial charge is 0.373 e. The summed E-state index contributed by atoms with van der Waals surface area (Å²) in [5.74, 6) is 0.399. The number of hydrogen-bond donors (Lipinski definition) is 1. The van der Waals surface area contributed by atoms with Crippen LogP contribution in [0.1, 0.15) is 25.6 Å². The predicted molar refractivity (Wildman–Crippen MR) is 59.2 cm³/mol. The van der Waals surface area contributed by atoms with Crippen molar-refractivity contribution in [3.8, 4) is 0 Å². The quantitative estimate of drug-likeness (QED) is 0.781. The van der Waals surface area contributed by atoms with E-state index in [0.29, 0.717) is 12.5 Å². The van der Waals surface area contributed by atoms with E-state index in [0.717, 1.165) is 13.0 Å². The van der Waals surface area contributed by atoms with Crippen LogP contribution in [0.2, 0.25) is 0 Å². The molecule has 0 fully saturated rings. The van der Waals surface area contributed by atoms with Gasteiger partial charge in [0.05, 0.1) is 12.7 Å². The van der Waals surface area contributed by atoms with Crippen molar-refractivity contribution in [3.63, 3.8) is 0 Å². The number of hydrogen-bond acceptors (Lipinski definition) is 2. The van der Waals surface area contributed by atoms with E-state index < -0.39 is 0 Å². The monoisotopic (exact) mass is 193 g/mol. The lowest BCUT2D eigenvalue weighted by atomic mass is 9.90. The third-order valence-electron chi connectivity index (χ3n) is 2.92. The highest BCUT2D eigenvalue weighted by atomic mass is 16.5. The predicted octanol–water partition coefficient (Wildman–Crippen LogP) is 2.14. The summed E-state index contributed by atoms with van der Waals surface area (Å²) in [6.45, 7) is 3.65. The summed E-state index contributed by atoms with van der Waals surface area (Å²) < 4.78 is 5.78. The molecule has 1 aromatic carbocycles. The molecule has 1 aliphatic rings. The molecule has 0 saturated carbocycles. The van der Waals surface area contributed by atoms with Crippen LogP contribution < -0.4 is 5.73 Å². The number of benzene rings is 1.